The predicted molar refractivity (Wildman–Crippen MR) is 150 cm³/mol. The monoisotopic (exact) mass is 516 g/mol. The van der Waals surface area contributed by atoms with Crippen molar-refractivity contribution in [2.75, 3.05) is 28.4 Å². The van der Waals surface area contributed by atoms with E-state index in [1.807, 2.05) is 61.7 Å². The van der Waals surface area contributed by atoms with E-state index in [4.69, 9.17) is 18.9 Å². The fraction of sp³-hybridized carbons (Fsp3) is 0.290. The number of aromatic nitrogens is 1. The first-order chi connectivity index (χ1) is 18.5. The Hall–Kier alpha value is -4.26. The quantitative estimate of drug-likeness (QED) is 0.234. The van der Waals surface area contributed by atoms with Crippen LogP contribution < -0.4 is 24.3 Å². The van der Waals surface area contributed by atoms with Crippen molar-refractivity contribution in [3.05, 3.63) is 95.8 Å². The first-order valence-corrected chi connectivity index (χ1v) is 12.5. The van der Waals surface area contributed by atoms with Gasteiger partial charge in [-0.15, -0.1) is 0 Å². The van der Waals surface area contributed by atoms with Crippen molar-refractivity contribution in [2.45, 2.75) is 32.2 Å². The molecule has 3 aromatic rings. The van der Waals surface area contributed by atoms with Crippen LogP contribution in [0.25, 0.3) is 5.57 Å². The topological polar surface area (TPSA) is 78.9 Å². The molecule has 1 N–H and O–H groups in total. The molecule has 0 aliphatic rings. The van der Waals surface area contributed by atoms with Gasteiger partial charge >= 0.3 is 0 Å². The minimum absolute atomic E-state index is 0.0592. The van der Waals surface area contributed by atoms with Gasteiger partial charge in [0.15, 0.2) is 23.0 Å². The number of nitrogens with one attached hydrogen (secondary N) is 1. The molecule has 0 saturated carbocycles. The number of nitrogens with zero attached hydrogens (tertiary/aromatic N) is 1. The number of rotatable bonds is 13. The highest BCUT2D eigenvalue weighted by molar-refractivity contribution is 5.89. The molecule has 38 heavy (non-hydrogen) atoms. The summed E-state index contributed by atoms with van der Waals surface area (Å²) in [5.41, 5.74) is 3.86. The van der Waals surface area contributed by atoms with Gasteiger partial charge < -0.3 is 24.3 Å². The number of pyridine rings is 1. The number of amides is 1. The van der Waals surface area contributed by atoms with E-state index in [0.29, 0.717) is 23.0 Å². The van der Waals surface area contributed by atoms with Gasteiger partial charge in [0.05, 0.1) is 28.4 Å². The largest absolute Gasteiger partial charge is 0.493 e. The van der Waals surface area contributed by atoms with Crippen molar-refractivity contribution in [3.8, 4) is 23.0 Å². The zero-order chi connectivity index (χ0) is 27.3. The van der Waals surface area contributed by atoms with Crippen LogP contribution in [0.4, 0.5) is 0 Å². The van der Waals surface area contributed by atoms with Crippen molar-refractivity contribution in [1.82, 2.24) is 10.3 Å². The highest BCUT2D eigenvalue weighted by atomic mass is 16.5. The summed E-state index contributed by atoms with van der Waals surface area (Å²) in [7, 11) is 6.40. The molecule has 0 fully saturated rings. The Kier molecular flexibility index (Phi) is 10.8. The van der Waals surface area contributed by atoms with E-state index in [-0.39, 0.29) is 11.9 Å². The van der Waals surface area contributed by atoms with Gasteiger partial charge in [0.25, 0.3) is 0 Å². The minimum atomic E-state index is -0.144. The molecule has 3 rings (SSSR count). The number of hydrogen-bond acceptors (Lipinski definition) is 6. The summed E-state index contributed by atoms with van der Waals surface area (Å²) < 4.78 is 21.8. The van der Waals surface area contributed by atoms with Crippen molar-refractivity contribution in [3.63, 3.8) is 0 Å². The Bertz CT molecular complexity index is 1200. The van der Waals surface area contributed by atoms with Crippen LogP contribution in [0.5, 0.6) is 23.0 Å². The number of carbonyl (C=O) groups is 1. The summed E-state index contributed by atoms with van der Waals surface area (Å²) in [6.45, 7) is 2.02. The molecule has 1 heterocycles. The van der Waals surface area contributed by atoms with Crippen molar-refractivity contribution < 1.29 is 23.7 Å². The van der Waals surface area contributed by atoms with E-state index in [1.54, 1.807) is 46.8 Å². The van der Waals surface area contributed by atoms with Crippen LogP contribution >= 0.6 is 0 Å². The summed E-state index contributed by atoms with van der Waals surface area (Å²) in [4.78, 5) is 16.7. The lowest BCUT2D eigenvalue weighted by Crippen LogP contribution is -2.31. The number of carbonyl (C=O) groups excluding carboxylic acids is 1. The first kappa shape index (κ1) is 28.3. The van der Waals surface area contributed by atoms with E-state index >= 15 is 0 Å². The predicted octanol–water partition coefficient (Wildman–Crippen LogP) is 5.63. The Morgan fingerprint density at radius 1 is 0.895 bits per heavy atom. The summed E-state index contributed by atoms with van der Waals surface area (Å²) in [5.74, 6) is 2.34. The molecule has 1 unspecified atom stereocenters. The lowest BCUT2D eigenvalue weighted by Gasteiger charge is -2.14. The molecule has 1 aromatic heterocycles. The van der Waals surface area contributed by atoms with Crippen LogP contribution in [0.3, 0.4) is 0 Å². The fourth-order valence-electron chi connectivity index (χ4n) is 4.12. The Balaban J connectivity index is 1.77. The van der Waals surface area contributed by atoms with Crippen LogP contribution in [-0.4, -0.2) is 45.4 Å². The Labute approximate surface area is 225 Å². The zero-order valence-corrected chi connectivity index (χ0v) is 22.7. The summed E-state index contributed by atoms with van der Waals surface area (Å²) >= 11 is 0. The third-order valence-electron chi connectivity index (χ3n) is 6.11. The molecule has 0 bridgehead atoms. The van der Waals surface area contributed by atoms with E-state index in [0.717, 1.165) is 36.0 Å². The van der Waals surface area contributed by atoms with Gasteiger partial charge in [-0.2, -0.15) is 0 Å². The first-order valence-electron chi connectivity index (χ1n) is 12.5. The van der Waals surface area contributed by atoms with Crippen LogP contribution in [-0.2, 0) is 11.2 Å². The second-order valence-electron chi connectivity index (χ2n) is 8.74. The van der Waals surface area contributed by atoms with Gasteiger partial charge in [0.1, 0.15) is 0 Å². The molecule has 2 aromatic carbocycles. The molecule has 0 spiro atoms. The number of allylic oxidation sites excluding steroid dienone is 2. The summed E-state index contributed by atoms with van der Waals surface area (Å²) in [6.07, 6.45) is 11.6. The molecular formula is C31H36N2O5. The van der Waals surface area contributed by atoms with Gasteiger partial charge in [-0.05, 0) is 78.8 Å². The SMILES string of the molecule is COc1ccc(C(=CC=CC(=O)NC(C)CCCc2cccnc2)c2ccc(OC)c(OC)c2)cc1OC. The number of ether oxygens (including phenoxy) is 4. The highest BCUT2D eigenvalue weighted by Gasteiger charge is 2.13. The molecule has 1 atom stereocenters. The molecule has 0 radical (unpaired) electrons. The number of benzene rings is 2. The Morgan fingerprint density at radius 3 is 2.03 bits per heavy atom. The lowest BCUT2D eigenvalue weighted by molar-refractivity contribution is -0.117. The molecule has 1 amide bonds. The maximum Gasteiger partial charge on any atom is 0.244 e. The molecule has 200 valence electrons. The number of hydrogen-bond donors (Lipinski definition) is 1. The summed E-state index contributed by atoms with van der Waals surface area (Å²) in [5, 5.41) is 3.04. The molecule has 0 aliphatic carbocycles. The fourth-order valence-corrected chi connectivity index (χ4v) is 4.12. The van der Waals surface area contributed by atoms with E-state index in [2.05, 4.69) is 16.4 Å². The molecule has 7 heteroatoms. The molecular weight excluding hydrogens is 480 g/mol. The van der Waals surface area contributed by atoms with Crippen LogP contribution in [0.1, 0.15) is 36.5 Å². The lowest BCUT2D eigenvalue weighted by atomic mass is 9.96. The molecule has 0 aliphatic heterocycles. The zero-order valence-electron chi connectivity index (χ0n) is 22.7. The van der Waals surface area contributed by atoms with E-state index in [1.165, 1.54) is 5.56 Å². The third kappa shape index (κ3) is 7.87. The van der Waals surface area contributed by atoms with E-state index in [9.17, 15) is 4.79 Å². The van der Waals surface area contributed by atoms with Crippen LogP contribution in [0.15, 0.2) is 79.2 Å². The maximum atomic E-state index is 12.6. The maximum absolute atomic E-state index is 12.6. The highest BCUT2D eigenvalue weighted by Crippen LogP contribution is 2.36. The Morgan fingerprint density at radius 2 is 1.50 bits per heavy atom. The number of methoxy groups -OCH3 is 4. The minimum Gasteiger partial charge on any atom is -0.493 e. The van der Waals surface area contributed by atoms with Crippen molar-refractivity contribution in [1.29, 1.82) is 0 Å². The number of aryl methyl sites for hydroxylation is 1. The van der Waals surface area contributed by atoms with Crippen molar-refractivity contribution in [2.24, 2.45) is 0 Å². The molecule has 7 nitrogen and oxygen atoms in total. The average molecular weight is 517 g/mol. The smallest absolute Gasteiger partial charge is 0.244 e. The van der Waals surface area contributed by atoms with Gasteiger partial charge in [-0.25, -0.2) is 0 Å². The van der Waals surface area contributed by atoms with Gasteiger partial charge in [0.2, 0.25) is 5.91 Å². The van der Waals surface area contributed by atoms with Crippen molar-refractivity contribution >= 4 is 11.5 Å². The summed E-state index contributed by atoms with van der Waals surface area (Å²) in [6, 6.07) is 15.5. The van der Waals surface area contributed by atoms with Crippen LogP contribution in [0, 0.1) is 0 Å². The third-order valence-corrected chi connectivity index (χ3v) is 6.11. The second kappa shape index (κ2) is 14.5. The average Bonchev–Trinajstić information content (AvgIpc) is 2.95. The standard InChI is InChI=1S/C31H36N2O5/c1-22(9-6-10-23-11-8-18-32-21-23)33-31(34)13-7-12-26(24-14-16-27(35-2)29(19-24)37-4)25-15-17-28(36-3)30(20-25)38-5/h7-8,11-22H,6,9-10H2,1-5H3,(H,33,34). The second-order valence-corrected chi connectivity index (χ2v) is 8.74. The van der Waals surface area contributed by atoms with Gasteiger partial charge in [0, 0.05) is 24.5 Å². The van der Waals surface area contributed by atoms with Gasteiger partial charge in [-0.3, -0.25) is 9.78 Å². The van der Waals surface area contributed by atoms with Gasteiger partial charge in [-0.1, -0.05) is 30.4 Å². The normalized spacial score (nSPS) is 11.5. The van der Waals surface area contributed by atoms with E-state index < -0.39 is 0 Å². The van der Waals surface area contributed by atoms with Crippen LogP contribution in [0.2, 0.25) is 0 Å². The molecule has 0 saturated heterocycles.